The summed E-state index contributed by atoms with van der Waals surface area (Å²) in [6.45, 7) is 3.88. The maximum absolute atomic E-state index is 5.82. The summed E-state index contributed by atoms with van der Waals surface area (Å²) in [6.07, 6.45) is 6.91. The van der Waals surface area contributed by atoms with Crippen LogP contribution in [0.1, 0.15) is 38.2 Å². The fourth-order valence-electron chi connectivity index (χ4n) is 2.06. The van der Waals surface area contributed by atoms with Crippen LogP contribution in [0.4, 0.5) is 5.82 Å². The van der Waals surface area contributed by atoms with Crippen LogP contribution in [0.15, 0.2) is 16.7 Å². The van der Waals surface area contributed by atoms with Gasteiger partial charge >= 0.3 is 0 Å². The van der Waals surface area contributed by atoms with Crippen molar-refractivity contribution in [3.63, 3.8) is 0 Å². The Morgan fingerprint density at radius 3 is 2.88 bits per heavy atom. The fourth-order valence-corrected chi connectivity index (χ4v) is 2.44. The number of nitrogens with zero attached hydrogens (tertiary/aromatic N) is 2. The van der Waals surface area contributed by atoms with Gasteiger partial charge in [0.25, 0.3) is 0 Å². The summed E-state index contributed by atoms with van der Waals surface area (Å²) in [6, 6.07) is 2.78. The highest BCUT2D eigenvalue weighted by atomic mass is 79.9. The Morgan fingerprint density at radius 1 is 1.53 bits per heavy atom. The Kier molecular flexibility index (Phi) is 4.40. The quantitative estimate of drug-likeness (QED) is 0.877. The van der Waals surface area contributed by atoms with Crippen molar-refractivity contribution in [1.82, 2.24) is 4.98 Å². The Morgan fingerprint density at radius 2 is 2.29 bits per heavy atom. The van der Waals surface area contributed by atoms with Gasteiger partial charge in [-0.3, -0.25) is 0 Å². The minimum absolute atomic E-state index is 0.553. The predicted molar refractivity (Wildman–Crippen MR) is 75.1 cm³/mol. The standard InChI is InChI=1S/C13H20BrN3/c1-2-3-6-17(12-4-5-12)13-10(8-15)7-11(14)9-16-13/h7,9,12H,2-6,8,15H2,1H3. The molecule has 1 aliphatic rings. The smallest absolute Gasteiger partial charge is 0.133 e. The van der Waals surface area contributed by atoms with Gasteiger partial charge in [0, 0.05) is 35.4 Å². The lowest BCUT2D eigenvalue weighted by molar-refractivity contribution is 0.700. The van der Waals surface area contributed by atoms with Crippen molar-refractivity contribution < 1.29 is 0 Å². The first-order valence-corrected chi connectivity index (χ1v) is 7.16. The maximum Gasteiger partial charge on any atom is 0.133 e. The first-order chi connectivity index (χ1) is 8.26. The third-order valence-electron chi connectivity index (χ3n) is 3.14. The first-order valence-electron chi connectivity index (χ1n) is 6.37. The van der Waals surface area contributed by atoms with Crippen molar-refractivity contribution in [2.24, 2.45) is 5.73 Å². The number of hydrogen-bond donors (Lipinski definition) is 1. The molecule has 0 bridgehead atoms. The minimum Gasteiger partial charge on any atom is -0.353 e. The van der Waals surface area contributed by atoms with E-state index in [-0.39, 0.29) is 0 Å². The lowest BCUT2D eigenvalue weighted by Gasteiger charge is -2.25. The Hall–Kier alpha value is -0.610. The fraction of sp³-hybridized carbons (Fsp3) is 0.615. The van der Waals surface area contributed by atoms with Gasteiger partial charge in [0.1, 0.15) is 5.82 Å². The van der Waals surface area contributed by atoms with Crippen molar-refractivity contribution in [1.29, 1.82) is 0 Å². The molecule has 1 heterocycles. The van der Waals surface area contributed by atoms with Crippen molar-refractivity contribution in [3.05, 3.63) is 22.3 Å². The van der Waals surface area contributed by atoms with Crippen LogP contribution in [0.3, 0.4) is 0 Å². The molecule has 17 heavy (non-hydrogen) atoms. The van der Waals surface area contributed by atoms with E-state index in [0.717, 1.165) is 22.4 Å². The highest BCUT2D eigenvalue weighted by Gasteiger charge is 2.30. The van der Waals surface area contributed by atoms with Crippen LogP contribution in [0.5, 0.6) is 0 Å². The molecule has 0 atom stereocenters. The average Bonchev–Trinajstić information content (AvgIpc) is 3.15. The lowest BCUT2D eigenvalue weighted by Crippen LogP contribution is -2.29. The Labute approximate surface area is 112 Å². The molecule has 2 N–H and O–H groups in total. The average molecular weight is 298 g/mol. The number of aromatic nitrogens is 1. The SMILES string of the molecule is CCCCN(c1ncc(Br)cc1CN)C1CC1. The number of hydrogen-bond acceptors (Lipinski definition) is 3. The molecule has 1 saturated carbocycles. The number of rotatable bonds is 6. The maximum atomic E-state index is 5.82. The molecule has 2 rings (SSSR count). The molecule has 0 spiro atoms. The van der Waals surface area contributed by atoms with E-state index in [1.807, 2.05) is 6.20 Å². The van der Waals surface area contributed by atoms with Crippen molar-refractivity contribution in [2.45, 2.75) is 45.2 Å². The van der Waals surface area contributed by atoms with Crippen LogP contribution in [-0.4, -0.2) is 17.6 Å². The van der Waals surface area contributed by atoms with Gasteiger partial charge < -0.3 is 10.6 Å². The van der Waals surface area contributed by atoms with Gasteiger partial charge in [-0.1, -0.05) is 13.3 Å². The second-order valence-electron chi connectivity index (χ2n) is 4.62. The van der Waals surface area contributed by atoms with E-state index in [0.29, 0.717) is 12.6 Å². The minimum atomic E-state index is 0.553. The summed E-state index contributed by atoms with van der Waals surface area (Å²) >= 11 is 3.45. The topological polar surface area (TPSA) is 42.2 Å². The molecule has 0 aliphatic heterocycles. The highest BCUT2D eigenvalue weighted by Crippen LogP contribution is 2.33. The molecule has 0 radical (unpaired) electrons. The monoisotopic (exact) mass is 297 g/mol. The second-order valence-corrected chi connectivity index (χ2v) is 5.53. The predicted octanol–water partition coefficient (Wildman–Crippen LogP) is 3.07. The van der Waals surface area contributed by atoms with E-state index < -0.39 is 0 Å². The first kappa shape index (κ1) is 12.8. The molecule has 94 valence electrons. The number of halogens is 1. The lowest BCUT2D eigenvalue weighted by atomic mass is 10.2. The molecule has 1 fully saturated rings. The van der Waals surface area contributed by atoms with Crippen LogP contribution in [0.25, 0.3) is 0 Å². The summed E-state index contributed by atoms with van der Waals surface area (Å²) in [7, 11) is 0. The highest BCUT2D eigenvalue weighted by molar-refractivity contribution is 9.10. The van der Waals surface area contributed by atoms with Gasteiger partial charge in [-0.15, -0.1) is 0 Å². The van der Waals surface area contributed by atoms with Gasteiger partial charge in [0.05, 0.1) is 0 Å². The summed E-state index contributed by atoms with van der Waals surface area (Å²) in [4.78, 5) is 7.01. The number of anilines is 1. The van der Waals surface area contributed by atoms with E-state index in [1.165, 1.54) is 25.7 Å². The molecular weight excluding hydrogens is 278 g/mol. The molecular formula is C13H20BrN3. The molecule has 0 amide bonds. The number of nitrogens with two attached hydrogens (primary N) is 1. The summed E-state index contributed by atoms with van der Waals surface area (Å²) < 4.78 is 1.01. The van der Waals surface area contributed by atoms with Gasteiger partial charge in [0.2, 0.25) is 0 Å². The van der Waals surface area contributed by atoms with Crippen LogP contribution in [-0.2, 0) is 6.54 Å². The molecule has 0 unspecified atom stereocenters. The molecule has 0 saturated heterocycles. The molecule has 1 aliphatic carbocycles. The van der Waals surface area contributed by atoms with Gasteiger partial charge in [-0.25, -0.2) is 4.98 Å². The van der Waals surface area contributed by atoms with Gasteiger partial charge in [-0.05, 0) is 41.3 Å². The zero-order valence-electron chi connectivity index (χ0n) is 10.3. The molecule has 3 nitrogen and oxygen atoms in total. The third kappa shape index (κ3) is 3.19. The van der Waals surface area contributed by atoms with Crippen molar-refractivity contribution in [3.8, 4) is 0 Å². The number of pyridine rings is 1. The van der Waals surface area contributed by atoms with Crippen LogP contribution in [0, 0.1) is 0 Å². The van der Waals surface area contributed by atoms with Crippen LogP contribution >= 0.6 is 15.9 Å². The largest absolute Gasteiger partial charge is 0.353 e. The van der Waals surface area contributed by atoms with Crippen LogP contribution in [0.2, 0.25) is 0 Å². The van der Waals surface area contributed by atoms with Crippen molar-refractivity contribution >= 4 is 21.7 Å². The zero-order chi connectivity index (χ0) is 12.3. The number of unbranched alkanes of at least 4 members (excludes halogenated alkanes) is 1. The van der Waals surface area contributed by atoms with E-state index >= 15 is 0 Å². The van der Waals surface area contributed by atoms with Crippen LogP contribution < -0.4 is 10.6 Å². The molecule has 4 heteroatoms. The van der Waals surface area contributed by atoms with E-state index in [4.69, 9.17) is 5.73 Å². The Bertz CT molecular complexity index is 377. The Balaban J connectivity index is 2.21. The summed E-state index contributed by atoms with van der Waals surface area (Å²) in [5.74, 6) is 1.09. The molecule has 0 aromatic carbocycles. The summed E-state index contributed by atoms with van der Waals surface area (Å²) in [5.41, 5.74) is 6.96. The second kappa shape index (κ2) is 5.83. The normalized spacial score (nSPS) is 15.0. The van der Waals surface area contributed by atoms with Gasteiger partial charge in [-0.2, -0.15) is 0 Å². The zero-order valence-corrected chi connectivity index (χ0v) is 11.9. The van der Waals surface area contributed by atoms with Crippen molar-refractivity contribution in [2.75, 3.05) is 11.4 Å². The van der Waals surface area contributed by atoms with Gasteiger partial charge in [0.15, 0.2) is 0 Å². The molecule has 1 aromatic heterocycles. The van der Waals surface area contributed by atoms with E-state index in [9.17, 15) is 0 Å². The van der Waals surface area contributed by atoms with E-state index in [1.54, 1.807) is 0 Å². The van der Waals surface area contributed by atoms with E-state index in [2.05, 4.69) is 38.8 Å². The third-order valence-corrected chi connectivity index (χ3v) is 3.58. The molecule has 1 aromatic rings. The summed E-state index contributed by atoms with van der Waals surface area (Å²) in [5, 5.41) is 0.